The third-order valence-electron chi connectivity index (χ3n) is 3.68. The zero-order valence-corrected chi connectivity index (χ0v) is 10.8. The number of carbonyl (C=O) groups excluding carboxylic acids is 1. The van der Waals surface area contributed by atoms with Gasteiger partial charge >= 0.3 is 5.97 Å². The number of hydrogen-bond acceptors (Lipinski definition) is 2. The fourth-order valence-corrected chi connectivity index (χ4v) is 2.90. The Labute approximate surface area is 107 Å². The molecule has 0 amide bonds. The van der Waals surface area contributed by atoms with Crippen LogP contribution in [0, 0.1) is 25.7 Å². The summed E-state index contributed by atoms with van der Waals surface area (Å²) in [6, 6.07) is 5.72. The summed E-state index contributed by atoms with van der Waals surface area (Å²) in [5.74, 6) is -1.69. The number of benzene rings is 1. The lowest BCUT2D eigenvalue weighted by atomic mass is 9.87. The summed E-state index contributed by atoms with van der Waals surface area (Å²) < 4.78 is 0. The van der Waals surface area contributed by atoms with Crippen LogP contribution in [0.2, 0.25) is 0 Å². The molecule has 18 heavy (non-hydrogen) atoms. The second-order valence-electron chi connectivity index (χ2n) is 5.22. The van der Waals surface area contributed by atoms with Crippen LogP contribution < -0.4 is 0 Å². The van der Waals surface area contributed by atoms with Crippen molar-refractivity contribution in [3.8, 4) is 0 Å². The van der Waals surface area contributed by atoms with Gasteiger partial charge in [0.2, 0.25) is 0 Å². The standard InChI is InChI=1S/C15H18O3/c1-9-6-10(2)8-11(7-9)14(16)12-4-3-5-13(12)15(17)18/h6-8,12-13H,3-5H2,1-2H3,(H,17,18). The first kappa shape index (κ1) is 12.8. The Hall–Kier alpha value is -1.64. The first-order valence-electron chi connectivity index (χ1n) is 6.34. The number of Topliss-reactive ketones (excluding diaryl/α,β-unsaturated/α-hetero) is 1. The van der Waals surface area contributed by atoms with Crippen molar-refractivity contribution in [1.82, 2.24) is 0 Å². The molecule has 3 heteroatoms. The molecule has 2 rings (SSSR count). The quantitative estimate of drug-likeness (QED) is 0.834. The van der Waals surface area contributed by atoms with Crippen molar-refractivity contribution in [2.75, 3.05) is 0 Å². The molecule has 0 radical (unpaired) electrons. The molecule has 0 aliphatic heterocycles. The van der Waals surface area contributed by atoms with Gasteiger partial charge in [-0.1, -0.05) is 23.6 Å². The Morgan fingerprint density at radius 2 is 1.61 bits per heavy atom. The Kier molecular flexibility index (Phi) is 3.50. The molecule has 96 valence electrons. The molecule has 1 saturated carbocycles. The number of ketones is 1. The highest BCUT2D eigenvalue weighted by Crippen LogP contribution is 2.34. The van der Waals surface area contributed by atoms with E-state index in [1.807, 2.05) is 32.0 Å². The average Bonchev–Trinajstić information content (AvgIpc) is 2.75. The number of carboxylic acids is 1. The fourth-order valence-electron chi connectivity index (χ4n) is 2.90. The normalized spacial score (nSPS) is 23.0. The van der Waals surface area contributed by atoms with Crippen molar-refractivity contribution in [3.63, 3.8) is 0 Å². The molecule has 1 aromatic carbocycles. The molecule has 0 spiro atoms. The van der Waals surface area contributed by atoms with Crippen LogP contribution in [0.1, 0.15) is 40.7 Å². The molecule has 1 aliphatic rings. The molecule has 0 bridgehead atoms. The van der Waals surface area contributed by atoms with Crippen molar-refractivity contribution in [2.24, 2.45) is 11.8 Å². The van der Waals surface area contributed by atoms with Gasteiger partial charge in [-0.2, -0.15) is 0 Å². The van der Waals surface area contributed by atoms with E-state index >= 15 is 0 Å². The van der Waals surface area contributed by atoms with Gasteiger partial charge in [-0.25, -0.2) is 0 Å². The second-order valence-corrected chi connectivity index (χ2v) is 5.22. The van der Waals surface area contributed by atoms with E-state index < -0.39 is 11.9 Å². The number of aliphatic carboxylic acids is 1. The highest BCUT2D eigenvalue weighted by molar-refractivity contribution is 6.00. The van der Waals surface area contributed by atoms with Crippen LogP contribution in [0.25, 0.3) is 0 Å². The molecule has 3 nitrogen and oxygen atoms in total. The van der Waals surface area contributed by atoms with Crippen LogP contribution in [0.5, 0.6) is 0 Å². The predicted octanol–water partition coefficient (Wildman–Crippen LogP) is 2.99. The number of rotatable bonds is 3. The molecular weight excluding hydrogens is 228 g/mol. The van der Waals surface area contributed by atoms with Gasteiger partial charge in [0, 0.05) is 11.5 Å². The highest BCUT2D eigenvalue weighted by Gasteiger charge is 2.37. The van der Waals surface area contributed by atoms with Crippen LogP contribution >= 0.6 is 0 Å². The first-order chi connectivity index (χ1) is 8.49. The lowest BCUT2D eigenvalue weighted by molar-refractivity contribution is -0.142. The van der Waals surface area contributed by atoms with Crippen LogP contribution in [0.3, 0.4) is 0 Å². The maximum atomic E-state index is 12.4. The molecule has 0 saturated heterocycles. The summed E-state index contributed by atoms with van der Waals surface area (Å²) >= 11 is 0. The Balaban J connectivity index is 2.28. The van der Waals surface area contributed by atoms with Crippen LogP contribution in [-0.2, 0) is 4.79 Å². The van der Waals surface area contributed by atoms with Crippen molar-refractivity contribution in [1.29, 1.82) is 0 Å². The molecule has 1 fully saturated rings. The van der Waals surface area contributed by atoms with Gasteiger partial charge < -0.3 is 5.11 Å². The predicted molar refractivity (Wildman–Crippen MR) is 68.7 cm³/mol. The van der Waals surface area contributed by atoms with E-state index in [1.165, 1.54) is 0 Å². The van der Waals surface area contributed by atoms with E-state index in [2.05, 4.69) is 0 Å². The van der Waals surface area contributed by atoms with Gasteiger partial charge in [-0.15, -0.1) is 0 Å². The maximum Gasteiger partial charge on any atom is 0.307 e. The lowest BCUT2D eigenvalue weighted by Gasteiger charge is -2.15. The minimum atomic E-state index is -0.838. The van der Waals surface area contributed by atoms with Gasteiger partial charge in [-0.3, -0.25) is 9.59 Å². The molecule has 1 aromatic rings. The zero-order valence-electron chi connectivity index (χ0n) is 10.8. The number of aryl methyl sites for hydroxylation is 2. The topological polar surface area (TPSA) is 54.4 Å². The van der Waals surface area contributed by atoms with Gasteiger partial charge in [-0.05, 0) is 38.8 Å². The van der Waals surface area contributed by atoms with Gasteiger partial charge in [0.1, 0.15) is 0 Å². The van der Waals surface area contributed by atoms with Gasteiger partial charge in [0.05, 0.1) is 5.92 Å². The molecule has 1 N–H and O–H groups in total. The summed E-state index contributed by atoms with van der Waals surface area (Å²) in [6.45, 7) is 3.90. The molecule has 0 aromatic heterocycles. The van der Waals surface area contributed by atoms with Crippen molar-refractivity contribution >= 4 is 11.8 Å². The van der Waals surface area contributed by atoms with E-state index in [-0.39, 0.29) is 11.7 Å². The van der Waals surface area contributed by atoms with Crippen LogP contribution in [0.15, 0.2) is 18.2 Å². The highest BCUT2D eigenvalue weighted by atomic mass is 16.4. The van der Waals surface area contributed by atoms with Crippen LogP contribution in [-0.4, -0.2) is 16.9 Å². The lowest BCUT2D eigenvalue weighted by Crippen LogP contribution is -2.25. The largest absolute Gasteiger partial charge is 0.481 e. The molecule has 2 atom stereocenters. The second kappa shape index (κ2) is 4.92. The van der Waals surface area contributed by atoms with Crippen LogP contribution in [0.4, 0.5) is 0 Å². The maximum absolute atomic E-state index is 12.4. The number of hydrogen-bond donors (Lipinski definition) is 1. The summed E-state index contributed by atoms with van der Waals surface area (Å²) in [5, 5.41) is 9.14. The number of carbonyl (C=O) groups is 2. The Bertz CT molecular complexity index is 470. The Morgan fingerprint density at radius 3 is 2.17 bits per heavy atom. The van der Waals surface area contributed by atoms with E-state index in [9.17, 15) is 9.59 Å². The van der Waals surface area contributed by atoms with Crippen molar-refractivity contribution in [2.45, 2.75) is 33.1 Å². The summed E-state index contributed by atoms with van der Waals surface area (Å²) in [7, 11) is 0. The van der Waals surface area contributed by atoms with E-state index in [1.54, 1.807) is 0 Å². The molecule has 1 aliphatic carbocycles. The van der Waals surface area contributed by atoms with Crippen molar-refractivity contribution < 1.29 is 14.7 Å². The number of carboxylic acid groups (broad SMARTS) is 1. The Morgan fingerprint density at radius 1 is 1.06 bits per heavy atom. The zero-order chi connectivity index (χ0) is 13.3. The van der Waals surface area contributed by atoms with Gasteiger partial charge in [0.15, 0.2) is 5.78 Å². The minimum absolute atomic E-state index is 0.00769. The summed E-state index contributed by atoms with van der Waals surface area (Å²) in [6.07, 6.45) is 2.15. The third-order valence-corrected chi connectivity index (χ3v) is 3.68. The molecule has 0 heterocycles. The van der Waals surface area contributed by atoms with Gasteiger partial charge in [0.25, 0.3) is 0 Å². The summed E-state index contributed by atoms with van der Waals surface area (Å²) in [5.41, 5.74) is 2.75. The smallest absolute Gasteiger partial charge is 0.307 e. The molecular formula is C15H18O3. The summed E-state index contributed by atoms with van der Waals surface area (Å²) in [4.78, 5) is 23.5. The molecule has 2 unspecified atom stereocenters. The third kappa shape index (κ3) is 2.45. The van der Waals surface area contributed by atoms with E-state index in [0.29, 0.717) is 18.4 Å². The van der Waals surface area contributed by atoms with E-state index in [4.69, 9.17) is 5.11 Å². The minimum Gasteiger partial charge on any atom is -0.481 e. The van der Waals surface area contributed by atoms with E-state index in [0.717, 1.165) is 17.5 Å². The SMILES string of the molecule is Cc1cc(C)cc(C(=O)C2CCCC2C(=O)O)c1. The first-order valence-corrected chi connectivity index (χ1v) is 6.34. The monoisotopic (exact) mass is 246 g/mol. The fraction of sp³-hybridized carbons (Fsp3) is 0.467. The van der Waals surface area contributed by atoms with Crippen molar-refractivity contribution in [3.05, 3.63) is 34.9 Å². The average molecular weight is 246 g/mol.